The molecule has 4 aliphatic rings. The van der Waals surface area contributed by atoms with Crippen molar-refractivity contribution in [3.8, 4) is 0 Å². The van der Waals surface area contributed by atoms with Crippen molar-refractivity contribution in [3.63, 3.8) is 0 Å². The van der Waals surface area contributed by atoms with E-state index in [2.05, 4.69) is 26.0 Å². The molecule has 2 heteroatoms. The molecule has 0 aromatic rings. The fourth-order valence-corrected chi connectivity index (χ4v) is 5.80. The van der Waals surface area contributed by atoms with Gasteiger partial charge >= 0.3 is 0 Å². The zero-order valence-corrected chi connectivity index (χ0v) is 13.2. The second kappa shape index (κ2) is 4.32. The number of aliphatic hydroxyl groups is 1. The predicted octanol–water partition coefficient (Wildman–Crippen LogP) is 3.80. The summed E-state index contributed by atoms with van der Waals surface area (Å²) < 4.78 is 0. The van der Waals surface area contributed by atoms with Gasteiger partial charge in [0, 0.05) is 11.8 Å². The summed E-state index contributed by atoms with van der Waals surface area (Å²) in [4.78, 5) is 12.3. The van der Waals surface area contributed by atoms with Gasteiger partial charge in [-0.15, -0.1) is 0 Å². The van der Waals surface area contributed by atoms with Gasteiger partial charge in [0.1, 0.15) is 5.78 Å². The number of Topliss-reactive ketones (excluding diaryl/α,β-unsaturated/α-hetero) is 1. The number of carbonyl (C=O) groups excluding carboxylic acids is 1. The van der Waals surface area contributed by atoms with E-state index in [1.807, 2.05) is 0 Å². The van der Waals surface area contributed by atoms with E-state index in [1.54, 1.807) is 0 Å². The first-order valence-corrected chi connectivity index (χ1v) is 8.56. The van der Waals surface area contributed by atoms with E-state index in [0.29, 0.717) is 24.0 Å². The van der Waals surface area contributed by atoms with Crippen LogP contribution in [0.25, 0.3) is 0 Å². The highest BCUT2D eigenvalue weighted by Crippen LogP contribution is 2.62. The predicted molar refractivity (Wildman–Crippen MR) is 82.7 cm³/mol. The number of ketones is 1. The van der Waals surface area contributed by atoms with Gasteiger partial charge in [0.2, 0.25) is 0 Å². The Morgan fingerprint density at radius 1 is 1.19 bits per heavy atom. The van der Waals surface area contributed by atoms with Gasteiger partial charge in [0.05, 0.1) is 6.10 Å². The van der Waals surface area contributed by atoms with Crippen molar-refractivity contribution in [3.05, 3.63) is 23.3 Å². The van der Waals surface area contributed by atoms with E-state index < -0.39 is 0 Å². The molecular formula is C19H26O2. The number of hydrogen-bond donors (Lipinski definition) is 1. The van der Waals surface area contributed by atoms with Crippen molar-refractivity contribution in [1.82, 2.24) is 0 Å². The number of hydrogen-bond acceptors (Lipinski definition) is 2. The highest BCUT2D eigenvalue weighted by Gasteiger charge is 2.55. The van der Waals surface area contributed by atoms with Crippen molar-refractivity contribution in [1.29, 1.82) is 0 Å². The molecule has 0 aromatic carbocycles. The number of aliphatic hydroxyl groups excluding tert-OH is 1. The third-order valence-corrected chi connectivity index (χ3v) is 7.22. The van der Waals surface area contributed by atoms with Gasteiger partial charge in [-0.25, -0.2) is 0 Å². The van der Waals surface area contributed by atoms with Gasteiger partial charge in [-0.3, -0.25) is 4.79 Å². The minimum atomic E-state index is -0.156. The van der Waals surface area contributed by atoms with E-state index in [0.717, 1.165) is 32.1 Å². The average Bonchev–Trinajstić information content (AvgIpc) is 2.76. The monoisotopic (exact) mass is 286 g/mol. The van der Waals surface area contributed by atoms with Crippen LogP contribution in [0.5, 0.6) is 0 Å². The van der Waals surface area contributed by atoms with Crippen LogP contribution in [0.15, 0.2) is 23.3 Å². The molecule has 2 saturated carbocycles. The third-order valence-electron chi connectivity index (χ3n) is 7.22. The largest absolute Gasteiger partial charge is 0.393 e. The Labute approximate surface area is 127 Å². The molecule has 0 saturated heterocycles. The fraction of sp³-hybridized carbons (Fsp3) is 0.737. The van der Waals surface area contributed by atoms with E-state index in [9.17, 15) is 9.90 Å². The Bertz CT molecular complexity index is 558. The second-order valence-electron chi connectivity index (χ2n) is 8.15. The summed E-state index contributed by atoms with van der Waals surface area (Å²) in [5.41, 5.74) is 3.05. The minimum absolute atomic E-state index is 0.137. The molecule has 114 valence electrons. The van der Waals surface area contributed by atoms with Crippen LogP contribution in [0.2, 0.25) is 0 Å². The highest BCUT2D eigenvalue weighted by atomic mass is 16.3. The number of fused-ring (bicyclic) bond motifs is 5. The molecule has 4 rings (SSSR count). The Morgan fingerprint density at radius 3 is 2.81 bits per heavy atom. The summed E-state index contributed by atoms with van der Waals surface area (Å²) in [5.74, 6) is 1.68. The molecule has 1 N–H and O–H groups in total. The van der Waals surface area contributed by atoms with Crippen LogP contribution in [-0.4, -0.2) is 17.0 Å². The normalized spacial score (nSPS) is 48.9. The minimum Gasteiger partial charge on any atom is -0.393 e. The maximum Gasteiger partial charge on any atom is 0.146 e. The van der Waals surface area contributed by atoms with Crippen LogP contribution in [0.3, 0.4) is 0 Å². The Morgan fingerprint density at radius 2 is 2.00 bits per heavy atom. The number of carbonyl (C=O) groups is 1. The molecule has 0 amide bonds. The lowest BCUT2D eigenvalue weighted by Gasteiger charge is -2.55. The summed E-state index contributed by atoms with van der Waals surface area (Å²) in [6.45, 7) is 4.60. The Kier molecular flexibility index (Phi) is 2.83. The third kappa shape index (κ3) is 1.72. The van der Waals surface area contributed by atoms with Crippen molar-refractivity contribution < 1.29 is 9.90 Å². The molecule has 0 spiro atoms. The van der Waals surface area contributed by atoms with Crippen LogP contribution < -0.4 is 0 Å². The lowest BCUT2D eigenvalue weighted by atomic mass is 9.49. The lowest BCUT2D eigenvalue weighted by Crippen LogP contribution is -2.47. The van der Waals surface area contributed by atoms with Gasteiger partial charge in [0.25, 0.3) is 0 Å². The average molecular weight is 286 g/mol. The molecule has 0 heterocycles. The van der Waals surface area contributed by atoms with Gasteiger partial charge in [-0.2, -0.15) is 0 Å². The SMILES string of the molecule is C[C@]12CC[C@@H]3[C@H](CC=C4C[C@@H](O)CC[C@@]43C)C1=CCC2=O. The van der Waals surface area contributed by atoms with Crippen LogP contribution in [0, 0.1) is 22.7 Å². The van der Waals surface area contributed by atoms with Crippen molar-refractivity contribution in [2.24, 2.45) is 22.7 Å². The number of rotatable bonds is 0. The molecular weight excluding hydrogens is 260 g/mol. The quantitative estimate of drug-likeness (QED) is 0.688. The first-order chi connectivity index (χ1) is 9.95. The molecule has 2 nitrogen and oxygen atoms in total. The highest BCUT2D eigenvalue weighted by molar-refractivity contribution is 5.92. The maximum absolute atomic E-state index is 12.3. The molecule has 0 aromatic heterocycles. The Balaban J connectivity index is 1.73. The summed E-state index contributed by atoms with van der Waals surface area (Å²) >= 11 is 0. The summed E-state index contributed by atoms with van der Waals surface area (Å²) in [6, 6.07) is 0. The molecule has 0 aliphatic heterocycles. The molecule has 0 radical (unpaired) electrons. The molecule has 0 unspecified atom stereocenters. The van der Waals surface area contributed by atoms with Gasteiger partial charge in [-0.05, 0) is 62.7 Å². The molecule has 5 atom stereocenters. The Hall–Kier alpha value is -0.890. The molecule has 21 heavy (non-hydrogen) atoms. The van der Waals surface area contributed by atoms with Crippen LogP contribution in [-0.2, 0) is 4.79 Å². The van der Waals surface area contributed by atoms with Crippen molar-refractivity contribution in [2.45, 2.75) is 64.9 Å². The molecule has 4 aliphatic carbocycles. The standard InChI is InChI=1S/C19H26O2/c1-18-9-7-13(20)11-12(18)3-4-14-15-5-6-17(21)19(15,2)10-8-16(14)18/h3,5,13-14,16,20H,4,6-11H2,1-2H3/t13-,14+,16+,18-,19-/m0/s1. The van der Waals surface area contributed by atoms with Crippen LogP contribution in [0.4, 0.5) is 0 Å². The van der Waals surface area contributed by atoms with Crippen LogP contribution in [0.1, 0.15) is 58.8 Å². The zero-order valence-electron chi connectivity index (χ0n) is 13.2. The molecule has 2 fully saturated rings. The van der Waals surface area contributed by atoms with E-state index >= 15 is 0 Å². The van der Waals surface area contributed by atoms with Gasteiger partial charge < -0.3 is 5.11 Å². The van der Waals surface area contributed by atoms with E-state index in [-0.39, 0.29) is 16.9 Å². The summed E-state index contributed by atoms with van der Waals surface area (Å²) in [6.07, 6.45) is 11.4. The lowest BCUT2D eigenvalue weighted by molar-refractivity contribution is -0.126. The first kappa shape index (κ1) is 13.8. The second-order valence-corrected chi connectivity index (χ2v) is 8.15. The first-order valence-electron chi connectivity index (χ1n) is 8.56. The zero-order chi connectivity index (χ0) is 14.8. The topological polar surface area (TPSA) is 37.3 Å². The van der Waals surface area contributed by atoms with Crippen molar-refractivity contribution in [2.75, 3.05) is 0 Å². The summed E-state index contributed by atoms with van der Waals surface area (Å²) in [7, 11) is 0. The van der Waals surface area contributed by atoms with E-state index in [1.165, 1.54) is 17.6 Å². The molecule has 0 bridgehead atoms. The van der Waals surface area contributed by atoms with Crippen LogP contribution >= 0.6 is 0 Å². The summed E-state index contributed by atoms with van der Waals surface area (Å²) in [5, 5.41) is 9.99. The van der Waals surface area contributed by atoms with Gasteiger partial charge in [0.15, 0.2) is 0 Å². The van der Waals surface area contributed by atoms with Crippen molar-refractivity contribution >= 4 is 5.78 Å². The van der Waals surface area contributed by atoms with E-state index in [4.69, 9.17) is 0 Å². The number of allylic oxidation sites excluding steroid dienone is 3. The maximum atomic E-state index is 12.3. The smallest absolute Gasteiger partial charge is 0.146 e. The fourth-order valence-electron chi connectivity index (χ4n) is 5.80. The van der Waals surface area contributed by atoms with Gasteiger partial charge in [-0.1, -0.05) is 30.2 Å².